The summed E-state index contributed by atoms with van der Waals surface area (Å²) in [7, 11) is 3.22. The van der Waals surface area contributed by atoms with Crippen molar-refractivity contribution in [3.63, 3.8) is 0 Å². The minimum atomic E-state index is -0.430. The van der Waals surface area contributed by atoms with E-state index in [1.165, 1.54) is 6.07 Å². The molecule has 0 aromatic heterocycles. The van der Waals surface area contributed by atoms with E-state index in [-0.39, 0.29) is 18.0 Å². The second kappa shape index (κ2) is 6.06. The predicted octanol–water partition coefficient (Wildman–Crippen LogP) is 0.770. The third kappa shape index (κ3) is 2.68. The molecule has 1 aromatic rings. The lowest BCUT2D eigenvalue weighted by Crippen LogP contribution is -2.27. The first-order chi connectivity index (χ1) is 9.60. The van der Waals surface area contributed by atoms with Gasteiger partial charge >= 0.3 is 0 Å². The van der Waals surface area contributed by atoms with Crippen molar-refractivity contribution in [3.05, 3.63) is 29.6 Å². The Morgan fingerprint density at radius 1 is 1.35 bits per heavy atom. The number of nitrogens with zero attached hydrogens (tertiary/aromatic N) is 2. The Kier molecular flexibility index (Phi) is 4.41. The van der Waals surface area contributed by atoms with Crippen LogP contribution in [0.4, 0.5) is 10.1 Å². The zero-order valence-corrected chi connectivity index (χ0v) is 11.4. The van der Waals surface area contributed by atoms with Crippen LogP contribution in [-0.2, 0) is 9.47 Å². The van der Waals surface area contributed by atoms with Gasteiger partial charge in [0.05, 0.1) is 5.69 Å². The molecule has 110 valence electrons. The molecule has 1 aromatic carbocycles. The van der Waals surface area contributed by atoms with Crippen LogP contribution in [0.3, 0.4) is 0 Å². The molecular formula is C13H18FN3O3. The minimum Gasteiger partial charge on any atom is -0.409 e. The van der Waals surface area contributed by atoms with E-state index < -0.39 is 5.82 Å². The standard InChI is InChI=1S/C13H18FN3O3/c1-19-11-6-17(7-12(11)20-2)10-4-3-8(5-9(10)14)13(15)16-18/h3-5,11-12,18H,6-7H2,1-2H3,(H2,15,16). The molecule has 1 heterocycles. The molecule has 1 aliphatic heterocycles. The number of oxime groups is 1. The first-order valence-corrected chi connectivity index (χ1v) is 6.18. The van der Waals surface area contributed by atoms with Crippen LogP contribution in [0.5, 0.6) is 0 Å². The van der Waals surface area contributed by atoms with Gasteiger partial charge in [-0.2, -0.15) is 0 Å². The number of benzene rings is 1. The van der Waals surface area contributed by atoms with Crippen molar-refractivity contribution >= 4 is 11.5 Å². The first-order valence-electron chi connectivity index (χ1n) is 6.18. The number of methoxy groups -OCH3 is 2. The Morgan fingerprint density at radius 2 is 1.95 bits per heavy atom. The number of ether oxygens (including phenoxy) is 2. The van der Waals surface area contributed by atoms with Crippen LogP contribution in [0.25, 0.3) is 0 Å². The molecule has 20 heavy (non-hydrogen) atoms. The molecule has 0 saturated carbocycles. The molecule has 3 N–H and O–H groups in total. The smallest absolute Gasteiger partial charge is 0.170 e. The summed E-state index contributed by atoms with van der Waals surface area (Å²) in [4.78, 5) is 1.85. The third-order valence-corrected chi connectivity index (χ3v) is 3.51. The molecular weight excluding hydrogens is 265 g/mol. The molecule has 1 aliphatic rings. The number of hydrogen-bond donors (Lipinski definition) is 2. The summed E-state index contributed by atoms with van der Waals surface area (Å²) >= 11 is 0. The van der Waals surface area contributed by atoms with E-state index in [0.29, 0.717) is 24.3 Å². The lowest BCUT2D eigenvalue weighted by atomic mass is 10.1. The van der Waals surface area contributed by atoms with E-state index in [1.807, 2.05) is 4.90 Å². The van der Waals surface area contributed by atoms with Crippen molar-refractivity contribution in [3.8, 4) is 0 Å². The summed E-state index contributed by atoms with van der Waals surface area (Å²) in [5, 5.41) is 11.4. The van der Waals surface area contributed by atoms with E-state index >= 15 is 0 Å². The van der Waals surface area contributed by atoms with Gasteiger partial charge in [-0.15, -0.1) is 0 Å². The van der Waals surface area contributed by atoms with Crippen LogP contribution in [0.15, 0.2) is 23.4 Å². The van der Waals surface area contributed by atoms with Crippen LogP contribution in [0.2, 0.25) is 0 Å². The van der Waals surface area contributed by atoms with E-state index in [4.69, 9.17) is 20.4 Å². The number of nitrogens with two attached hydrogens (primary N) is 1. The summed E-state index contributed by atoms with van der Waals surface area (Å²) in [5.74, 6) is -0.554. The highest BCUT2D eigenvalue weighted by Crippen LogP contribution is 2.26. The average molecular weight is 283 g/mol. The number of amidine groups is 1. The van der Waals surface area contributed by atoms with Gasteiger partial charge in [0.15, 0.2) is 5.84 Å². The second-order valence-corrected chi connectivity index (χ2v) is 4.60. The third-order valence-electron chi connectivity index (χ3n) is 3.51. The van der Waals surface area contributed by atoms with Gasteiger partial charge < -0.3 is 25.3 Å². The SMILES string of the molecule is COC1CN(c2ccc(/C(N)=N/O)cc2F)CC1OC. The fourth-order valence-corrected chi connectivity index (χ4v) is 2.37. The Morgan fingerprint density at radius 3 is 2.40 bits per heavy atom. The molecule has 1 saturated heterocycles. The molecule has 0 aliphatic carbocycles. The molecule has 0 amide bonds. The molecule has 6 nitrogen and oxygen atoms in total. The average Bonchev–Trinajstić information content (AvgIpc) is 2.89. The Labute approximate surface area is 116 Å². The summed E-state index contributed by atoms with van der Waals surface area (Å²) in [6.45, 7) is 1.10. The second-order valence-electron chi connectivity index (χ2n) is 4.60. The van der Waals surface area contributed by atoms with E-state index in [2.05, 4.69) is 5.16 Å². The van der Waals surface area contributed by atoms with E-state index in [9.17, 15) is 4.39 Å². The van der Waals surface area contributed by atoms with Crippen molar-refractivity contribution < 1.29 is 19.1 Å². The molecule has 0 spiro atoms. The quantitative estimate of drug-likeness (QED) is 0.369. The fourth-order valence-electron chi connectivity index (χ4n) is 2.37. The van der Waals surface area contributed by atoms with Crippen molar-refractivity contribution in [2.24, 2.45) is 10.9 Å². The fraction of sp³-hybridized carbons (Fsp3) is 0.462. The van der Waals surface area contributed by atoms with Gasteiger partial charge in [-0.25, -0.2) is 4.39 Å². The zero-order valence-electron chi connectivity index (χ0n) is 11.4. The van der Waals surface area contributed by atoms with Crippen LogP contribution in [0, 0.1) is 5.82 Å². The lowest BCUT2D eigenvalue weighted by molar-refractivity contribution is -0.00461. The van der Waals surface area contributed by atoms with Gasteiger partial charge in [-0.1, -0.05) is 5.16 Å². The highest BCUT2D eigenvalue weighted by Gasteiger charge is 2.34. The van der Waals surface area contributed by atoms with Gasteiger partial charge in [-0.3, -0.25) is 0 Å². The zero-order chi connectivity index (χ0) is 14.7. The van der Waals surface area contributed by atoms with Crippen molar-refractivity contribution in [2.75, 3.05) is 32.2 Å². The summed E-state index contributed by atoms with van der Waals surface area (Å²) < 4.78 is 24.8. The van der Waals surface area contributed by atoms with Crippen LogP contribution >= 0.6 is 0 Å². The molecule has 2 rings (SSSR count). The molecule has 2 atom stereocenters. The molecule has 1 fully saturated rings. The van der Waals surface area contributed by atoms with Crippen LogP contribution in [-0.4, -0.2) is 50.6 Å². The van der Waals surface area contributed by atoms with Gasteiger partial charge in [-0.05, 0) is 18.2 Å². The van der Waals surface area contributed by atoms with Gasteiger partial charge in [0.2, 0.25) is 0 Å². The predicted molar refractivity (Wildman–Crippen MR) is 72.7 cm³/mol. The number of rotatable bonds is 4. The number of anilines is 1. The van der Waals surface area contributed by atoms with Gasteiger partial charge in [0.1, 0.15) is 18.0 Å². The van der Waals surface area contributed by atoms with E-state index in [1.54, 1.807) is 26.4 Å². The maximum Gasteiger partial charge on any atom is 0.170 e. The number of hydrogen-bond acceptors (Lipinski definition) is 5. The van der Waals surface area contributed by atoms with Crippen molar-refractivity contribution in [1.82, 2.24) is 0 Å². The summed E-state index contributed by atoms with van der Waals surface area (Å²) in [6.07, 6.45) is -0.189. The normalized spacial score (nSPS) is 23.4. The first kappa shape index (κ1) is 14.5. The van der Waals surface area contributed by atoms with Gasteiger partial charge in [0, 0.05) is 32.9 Å². The highest BCUT2D eigenvalue weighted by molar-refractivity contribution is 5.97. The lowest BCUT2D eigenvalue weighted by Gasteiger charge is -2.19. The Hall–Kier alpha value is -1.86. The summed E-state index contributed by atoms with van der Waals surface area (Å²) in [6, 6.07) is 4.45. The van der Waals surface area contributed by atoms with E-state index in [0.717, 1.165) is 0 Å². The topological polar surface area (TPSA) is 80.3 Å². The van der Waals surface area contributed by atoms with Gasteiger partial charge in [0.25, 0.3) is 0 Å². The minimum absolute atomic E-state index is 0.0943. The largest absolute Gasteiger partial charge is 0.409 e. The molecule has 2 unspecified atom stereocenters. The maximum absolute atomic E-state index is 14.1. The highest BCUT2D eigenvalue weighted by atomic mass is 19.1. The summed E-state index contributed by atoms with van der Waals surface area (Å²) in [5.41, 5.74) is 6.21. The molecule has 0 radical (unpaired) electrons. The number of halogens is 1. The Bertz CT molecular complexity index is 498. The Balaban J connectivity index is 2.22. The molecule has 0 bridgehead atoms. The molecule has 7 heteroatoms. The van der Waals surface area contributed by atoms with Crippen molar-refractivity contribution in [1.29, 1.82) is 0 Å². The van der Waals surface area contributed by atoms with Crippen molar-refractivity contribution in [2.45, 2.75) is 12.2 Å². The van der Waals surface area contributed by atoms with Crippen LogP contribution < -0.4 is 10.6 Å². The van der Waals surface area contributed by atoms with Crippen LogP contribution in [0.1, 0.15) is 5.56 Å². The monoisotopic (exact) mass is 283 g/mol. The maximum atomic E-state index is 14.1.